The molecule has 6 aromatic carbocycles. The Morgan fingerprint density at radius 3 is 1.64 bits per heavy atom. The molecule has 42 heavy (non-hydrogen) atoms. The first-order chi connectivity index (χ1) is 20.8. The quantitative estimate of drug-likeness (QED) is 0.224. The maximum atomic E-state index is 6.79. The summed E-state index contributed by atoms with van der Waals surface area (Å²) in [6.45, 7) is 0. The smallest absolute Gasteiger partial charge is 0.167 e. The average Bonchev–Trinajstić information content (AvgIpc) is 3.65. The van der Waals surface area contributed by atoms with Gasteiger partial charge in [0.05, 0.1) is 10.9 Å². The fourth-order valence-corrected chi connectivity index (χ4v) is 6.03. The summed E-state index contributed by atoms with van der Waals surface area (Å²) in [6.07, 6.45) is 0. The highest BCUT2D eigenvalue weighted by Gasteiger charge is 2.23. The number of fused-ring (bicyclic) bond motifs is 10. The highest BCUT2D eigenvalue weighted by atomic mass is 16.3. The zero-order chi connectivity index (χ0) is 27.6. The topological polar surface area (TPSA) is 65.0 Å². The number of aromatic nitrogens is 3. The van der Waals surface area contributed by atoms with Gasteiger partial charge in [-0.25, -0.2) is 15.0 Å². The van der Waals surface area contributed by atoms with Crippen LogP contribution in [-0.2, 0) is 0 Å². The van der Waals surface area contributed by atoms with Crippen LogP contribution in [0.15, 0.2) is 136 Å². The predicted octanol–water partition coefficient (Wildman–Crippen LogP) is 9.82. The third-order valence-corrected chi connectivity index (χ3v) is 7.92. The highest BCUT2D eigenvalue weighted by molar-refractivity contribution is 6.34. The van der Waals surface area contributed by atoms with Crippen molar-refractivity contribution in [1.29, 1.82) is 0 Å². The lowest BCUT2D eigenvalue weighted by atomic mass is 9.99. The van der Waals surface area contributed by atoms with Gasteiger partial charge < -0.3 is 8.83 Å². The van der Waals surface area contributed by atoms with E-state index in [1.54, 1.807) is 0 Å². The molecule has 0 bridgehead atoms. The highest BCUT2D eigenvalue weighted by Crippen LogP contribution is 2.46. The molecular weight excluding hydrogens is 518 g/mol. The predicted molar refractivity (Wildman–Crippen MR) is 168 cm³/mol. The van der Waals surface area contributed by atoms with Gasteiger partial charge >= 0.3 is 0 Å². The third kappa shape index (κ3) is 3.34. The monoisotopic (exact) mass is 539 g/mol. The Bertz CT molecular complexity index is 2400. The molecule has 0 amide bonds. The second-order valence-electron chi connectivity index (χ2n) is 10.4. The lowest BCUT2D eigenvalue weighted by Gasteiger charge is -2.08. The van der Waals surface area contributed by atoms with E-state index in [0.717, 1.165) is 71.3 Å². The molecule has 5 nitrogen and oxygen atoms in total. The Labute approximate surface area is 239 Å². The first kappa shape index (κ1) is 22.9. The fourth-order valence-electron chi connectivity index (χ4n) is 6.03. The van der Waals surface area contributed by atoms with Gasteiger partial charge in [-0.05, 0) is 17.5 Å². The van der Waals surface area contributed by atoms with Crippen molar-refractivity contribution in [2.24, 2.45) is 0 Å². The molecule has 9 aromatic rings. The van der Waals surface area contributed by atoms with Crippen LogP contribution in [0.5, 0.6) is 0 Å². The molecule has 0 aliphatic rings. The van der Waals surface area contributed by atoms with Crippen LogP contribution in [-0.4, -0.2) is 15.0 Å². The molecule has 0 aliphatic carbocycles. The summed E-state index contributed by atoms with van der Waals surface area (Å²) in [5.74, 6) is 1.77. The molecule has 0 saturated heterocycles. The molecule has 5 heteroatoms. The van der Waals surface area contributed by atoms with E-state index < -0.39 is 0 Å². The summed E-state index contributed by atoms with van der Waals surface area (Å²) < 4.78 is 13.3. The van der Waals surface area contributed by atoms with Crippen molar-refractivity contribution in [3.63, 3.8) is 0 Å². The Hall–Kier alpha value is -5.81. The van der Waals surface area contributed by atoms with Crippen molar-refractivity contribution >= 4 is 54.6 Å². The van der Waals surface area contributed by atoms with Crippen molar-refractivity contribution in [2.45, 2.75) is 0 Å². The van der Waals surface area contributed by atoms with E-state index >= 15 is 0 Å². The van der Waals surface area contributed by atoms with Gasteiger partial charge in [-0.3, -0.25) is 0 Å². The van der Waals surface area contributed by atoms with Crippen molar-refractivity contribution in [1.82, 2.24) is 15.0 Å². The largest absolute Gasteiger partial charge is 0.455 e. The number of hydrogen-bond acceptors (Lipinski definition) is 5. The van der Waals surface area contributed by atoms with Crippen molar-refractivity contribution in [2.75, 3.05) is 0 Å². The second kappa shape index (κ2) is 8.85. The number of hydrogen-bond donors (Lipinski definition) is 0. The molecule has 0 spiro atoms. The molecule has 0 unspecified atom stereocenters. The standard InChI is InChI=1S/C37H21N3O2/c1-3-12-22(13-4-1)35-38-36(23-14-5-2-6-15-23)40-37(39-35)28-20-11-19-27-31-33(42-32(27)28)25-17-8-7-16-24(25)30-26-18-9-10-21-29(26)41-34(30)31/h1-21H. The van der Waals surface area contributed by atoms with Gasteiger partial charge in [0, 0.05) is 32.7 Å². The summed E-state index contributed by atoms with van der Waals surface area (Å²) in [5.41, 5.74) is 5.83. The van der Waals surface area contributed by atoms with E-state index in [2.05, 4.69) is 36.4 Å². The van der Waals surface area contributed by atoms with E-state index in [1.165, 1.54) is 0 Å². The van der Waals surface area contributed by atoms with Crippen LogP contribution >= 0.6 is 0 Å². The van der Waals surface area contributed by atoms with E-state index in [9.17, 15) is 0 Å². The van der Waals surface area contributed by atoms with E-state index in [4.69, 9.17) is 23.8 Å². The van der Waals surface area contributed by atoms with Crippen LogP contribution < -0.4 is 0 Å². The van der Waals surface area contributed by atoms with Crippen molar-refractivity contribution in [3.05, 3.63) is 127 Å². The van der Waals surface area contributed by atoms with Gasteiger partial charge in [-0.15, -0.1) is 0 Å². The Kier molecular flexibility index (Phi) is 4.83. The number of rotatable bonds is 3. The normalized spacial score (nSPS) is 11.8. The number of benzene rings is 6. The van der Waals surface area contributed by atoms with Gasteiger partial charge in [0.1, 0.15) is 22.3 Å². The Morgan fingerprint density at radius 1 is 0.357 bits per heavy atom. The fraction of sp³-hybridized carbons (Fsp3) is 0. The lowest BCUT2D eigenvalue weighted by molar-refractivity contribution is 0.665. The molecule has 3 aromatic heterocycles. The molecule has 0 N–H and O–H groups in total. The molecule has 0 fully saturated rings. The summed E-state index contributed by atoms with van der Waals surface area (Å²) in [6, 6.07) is 42.7. The van der Waals surface area contributed by atoms with Gasteiger partial charge in [0.15, 0.2) is 17.5 Å². The van der Waals surface area contributed by atoms with Gasteiger partial charge in [0.25, 0.3) is 0 Å². The molecule has 3 heterocycles. The number of para-hydroxylation sites is 2. The minimum absolute atomic E-state index is 0.553. The van der Waals surface area contributed by atoms with E-state index in [0.29, 0.717) is 17.5 Å². The van der Waals surface area contributed by atoms with Crippen LogP contribution in [0.4, 0.5) is 0 Å². The Balaban J connectivity index is 1.39. The van der Waals surface area contributed by atoms with Gasteiger partial charge in [-0.2, -0.15) is 0 Å². The third-order valence-electron chi connectivity index (χ3n) is 7.92. The summed E-state index contributed by atoms with van der Waals surface area (Å²) in [4.78, 5) is 14.8. The second-order valence-corrected chi connectivity index (χ2v) is 10.4. The number of nitrogens with zero attached hydrogens (tertiary/aromatic N) is 3. The summed E-state index contributed by atoms with van der Waals surface area (Å²) >= 11 is 0. The lowest BCUT2D eigenvalue weighted by Crippen LogP contribution is -2.00. The molecule has 0 radical (unpaired) electrons. The molecule has 0 saturated carbocycles. The Morgan fingerprint density at radius 2 is 0.929 bits per heavy atom. The zero-order valence-electron chi connectivity index (χ0n) is 22.3. The van der Waals surface area contributed by atoms with Crippen LogP contribution in [0.1, 0.15) is 0 Å². The molecule has 9 rings (SSSR count). The van der Waals surface area contributed by atoms with Crippen LogP contribution in [0.25, 0.3) is 88.8 Å². The van der Waals surface area contributed by atoms with Crippen molar-refractivity contribution < 1.29 is 8.83 Å². The van der Waals surface area contributed by atoms with E-state index in [-0.39, 0.29) is 0 Å². The molecule has 0 aliphatic heterocycles. The van der Waals surface area contributed by atoms with E-state index in [1.807, 2.05) is 91.0 Å². The zero-order valence-corrected chi connectivity index (χ0v) is 22.3. The summed E-state index contributed by atoms with van der Waals surface area (Å²) in [7, 11) is 0. The van der Waals surface area contributed by atoms with Crippen LogP contribution in [0.3, 0.4) is 0 Å². The van der Waals surface area contributed by atoms with Gasteiger partial charge in [0.2, 0.25) is 0 Å². The van der Waals surface area contributed by atoms with Crippen molar-refractivity contribution in [3.8, 4) is 34.2 Å². The average molecular weight is 540 g/mol. The maximum Gasteiger partial charge on any atom is 0.167 e. The number of furan rings is 2. The van der Waals surface area contributed by atoms with Gasteiger partial charge in [-0.1, -0.05) is 115 Å². The minimum atomic E-state index is 0.553. The molecule has 196 valence electrons. The van der Waals surface area contributed by atoms with Crippen LogP contribution in [0, 0.1) is 0 Å². The molecule has 0 atom stereocenters. The maximum absolute atomic E-state index is 6.79. The first-order valence-corrected chi connectivity index (χ1v) is 13.9. The minimum Gasteiger partial charge on any atom is -0.455 e. The SMILES string of the molecule is c1ccc(-c2nc(-c3ccccc3)nc(-c3cccc4c3oc3c5ccccc5c5c6ccccc6oc5c43)n2)cc1. The molecular formula is C37H21N3O2. The summed E-state index contributed by atoms with van der Waals surface area (Å²) in [5, 5.41) is 6.24. The van der Waals surface area contributed by atoms with Crippen LogP contribution in [0.2, 0.25) is 0 Å². The first-order valence-electron chi connectivity index (χ1n) is 13.9.